The second-order valence-corrected chi connectivity index (χ2v) is 7.39. The normalized spacial score (nSPS) is 15.1. The molecule has 144 valence electrons. The van der Waals surface area contributed by atoms with Crippen molar-refractivity contribution in [1.29, 1.82) is 0 Å². The average molecular weight is 386 g/mol. The van der Waals surface area contributed by atoms with E-state index in [9.17, 15) is 18.4 Å². The number of carbonyl (C=O) groups is 2. The van der Waals surface area contributed by atoms with Crippen molar-refractivity contribution < 1.29 is 23.3 Å². The lowest BCUT2D eigenvalue weighted by Gasteiger charge is -2.31. The molecule has 0 unspecified atom stereocenters. The minimum atomic E-state index is -0.647. The second kappa shape index (κ2) is 10.5. The standard InChI is InChI=1S/C18H25F2N3O2S/c1-2-3-6-21-17(24)12-22-7-9-23(10-8-22)18(25)13-26-16-5-4-14(19)11-15(16)20/h4-5,11H,2-3,6-10,12-13H2,1H3,(H,21,24)/p+1. The lowest BCUT2D eigenvalue weighted by Crippen LogP contribution is -3.15. The first-order valence-electron chi connectivity index (χ1n) is 8.95. The molecule has 0 atom stereocenters. The third-order valence-corrected chi connectivity index (χ3v) is 5.36. The van der Waals surface area contributed by atoms with Crippen LogP contribution >= 0.6 is 11.8 Å². The molecule has 0 radical (unpaired) electrons. The van der Waals surface area contributed by atoms with Gasteiger partial charge in [-0.2, -0.15) is 0 Å². The van der Waals surface area contributed by atoms with E-state index < -0.39 is 11.6 Å². The fraction of sp³-hybridized carbons (Fsp3) is 0.556. The van der Waals surface area contributed by atoms with Gasteiger partial charge in [0.2, 0.25) is 5.91 Å². The minimum Gasteiger partial charge on any atom is -0.351 e. The maximum atomic E-state index is 13.6. The number of halogens is 2. The molecule has 2 rings (SSSR count). The van der Waals surface area contributed by atoms with Gasteiger partial charge in [-0.05, 0) is 18.6 Å². The predicted octanol–water partition coefficient (Wildman–Crippen LogP) is 0.700. The van der Waals surface area contributed by atoms with Gasteiger partial charge in [-0.1, -0.05) is 13.3 Å². The third kappa shape index (κ3) is 6.57. The van der Waals surface area contributed by atoms with E-state index in [1.54, 1.807) is 4.90 Å². The van der Waals surface area contributed by atoms with Crippen molar-refractivity contribution in [3.8, 4) is 0 Å². The average Bonchev–Trinajstić information content (AvgIpc) is 2.61. The Labute approximate surface area is 157 Å². The monoisotopic (exact) mass is 386 g/mol. The minimum absolute atomic E-state index is 0.0515. The number of nitrogens with one attached hydrogen (secondary N) is 2. The molecule has 0 aromatic heterocycles. The first kappa shape index (κ1) is 20.6. The Balaban J connectivity index is 1.70. The van der Waals surface area contributed by atoms with Gasteiger partial charge < -0.3 is 15.1 Å². The molecule has 1 aliphatic rings. The van der Waals surface area contributed by atoms with Crippen LogP contribution < -0.4 is 10.2 Å². The number of hydrogen-bond acceptors (Lipinski definition) is 3. The van der Waals surface area contributed by atoms with E-state index in [2.05, 4.69) is 12.2 Å². The highest BCUT2D eigenvalue weighted by molar-refractivity contribution is 8.00. The number of quaternary nitrogens is 1. The highest BCUT2D eigenvalue weighted by atomic mass is 32.2. The van der Waals surface area contributed by atoms with Gasteiger partial charge in [0.05, 0.1) is 31.9 Å². The summed E-state index contributed by atoms with van der Waals surface area (Å²) in [6, 6.07) is 3.35. The molecule has 26 heavy (non-hydrogen) atoms. The smallest absolute Gasteiger partial charge is 0.275 e. The van der Waals surface area contributed by atoms with Crippen molar-refractivity contribution >= 4 is 23.6 Å². The summed E-state index contributed by atoms with van der Waals surface area (Å²) in [7, 11) is 0. The van der Waals surface area contributed by atoms with Crippen LogP contribution in [-0.2, 0) is 9.59 Å². The first-order valence-corrected chi connectivity index (χ1v) is 9.94. The molecule has 1 heterocycles. The number of benzene rings is 1. The Morgan fingerprint density at radius 2 is 2.00 bits per heavy atom. The molecule has 1 aliphatic heterocycles. The predicted molar refractivity (Wildman–Crippen MR) is 97.1 cm³/mol. The molecule has 0 saturated carbocycles. The summed E-state index contributed by atoms with van der Waals surface area (Å²) < 4.78 is 26.5. The van der Waals surface area contributed by atoms with Gasteiger partial charge in [0.25, 0.3) is 5.91 Å². The third-order valence-electron chi connectivity index (χ3n) is 4.33. The van der Waals surface area contributed by atoms with Crippen LogP contribution in [-0.4, -0.2) is 61.7 Å². The molecule has 8 heteroatoms. The summed E-state index contributed by atoms with van der Waals surface area (Å²) >= 11 is 1.08. The zero-order chi connectivity index (χ0) is 18.9. The zero-order valence-electron chi connectivity index (χ0n) is 15.0. The van der Waals surface area contributed by atoms with Gasteiger partial charge in [-0.15, -0.1) is 11.8 Å². The van der Waals surface area contributed by atoms with Gasteiger partial charge in [-0.3, -0.25) is 9.59 Å². The summed E-state index contributed by atoms with van der Waals surface area (Å²) in [5.74, 6) is -1.17. The zero-order valence-corrected chi connectivity index (χ0v) is 15.8. The Bertz CT molecular complexity index is 622. The fourth-order valence-corrected chi connectivity index (χ4v) is 3.59. The van der Waals surface area contributed by atoms with Crippen LogP contribution in [0, 0.1) is 11.6 Å². The maximum Gasteiger partial charge on any atom is 0.275 e. The van der Waals surface area contributed by atoms with Crippen LogP contribution in [0.3, 0.4) is 0 Å². The molecule has 1 aromatic rings. The number of hydrogen-bond donors (Lipinski definition) is 2. The van der Waals surface area contributed by atoms with Crippen LogP contribution in [0.15, 0.2) is 23.1 Å². The molecule has 5 nitrogen and oxygen atoms in total. The van der Waals surface area contributed by atoms with Gasteiger partial charge >= 0.3 is 0 Å². The van der Waals surface area contributed by atoms with E-state index in [0.717, 1.165) is 43.8 Å². The summed E-state index contributed by atoms with van der Waals surface area (Å²) in [4.78, 5) is 27.3. The molecule has 1 saturated heterocycles. The molecular weight excluding hydrogens is 360 g/mol. The van der Waals surface area contributed by atoms with Crippen molar-refractivity contribution in [1.82, 2.24) is 10.2 Å². The summed E-state index contributed by atoms with van der Waals surface area (Å²) in [6.07, 6.45) is 2.03. The van der Waals surface area contributed by atoms with Crippen molar-refractivity contribution in [2.24, 2.45) is 0 Å². The van der Waals surface area contributed by atoms with Crippen LogP contribution in [0.4, 0.5) is 8.78 Å². The van der Waals surface area contributed by atoms with Gasteiger partial charge in [0, 0.05) is 17.5 Å². The van der Waals surface area contributed by atoms with Crippen molar-refractivity contribution in [2.75, 3.05) is 45.0 Å². The Kier molecular flexibility index (Phi) is 8.31. The SMILES string of the molecule is CCCCNC(=O)C[NH+]1CCN(C(=O)CSc2ccc(F)cc2F)CC1. The highest BCUT2D eigenvalue weighted by Gasteiger charge is 2.25. The van der Waals surface area contributed by atoms with Crippen LogP contribution in [0.1, 0.15) is 19.8 Å². The molecule has 0 aliphatic carbocycles. The molecular formula is C18H26F2N3O2S+. The summed E-state index contributed by atoms with van der Waals surface area (Å²) in [5, 5.41) is 2.91. The highest BCUT2D eigenvalue weighted by Crippen LogP contribution is 2.22. The van der Waals surface area contributed by atoms with E-state index in [0.29, 0.717) is 26.2 Å². The number of nitrogens with zero attached hydrogens (tertiary/aromatic N) is 1. The molecule has 1 fully saturated rings. The Morgan fingerprint density at radius 3 is 2.65 bits per heavy atom. The van der Waals surface area contributed by atoms with Crippen LogP contribution in [0.2, 0.25) is 0 Å². The molecule has 0 bridgehead atoms. The van der Waals surface area contributed by atoms with Gasteiger partial charge in [0.15, 0.2) is 6.54 Å². The van der Waals surface area contributed by atoms with E-state index in [1.807, 2.05) is 0 Å². The number of rotatable bonds is 8. The lowest BCUT2D eigenvalue weighted by molar-refractivity contribution is -0.896. The van der Waals surface area contributed by atoms with Crippen LogP contribution in [0.5, 0.6) is 0 Å². The van der Waals surface area contributed by atoms with Crippen molar-refractivity contribution in [2.45, 2.75) is 24.7 Å². The lowest BCUT2D eigenvalue weighted by atomic mass is 10.3. The number of amides is 2. The quantitative estimate of drug-likeness (QED) is 0.511. The first-order chi connectivity index (χ1) is 12.5. The topological polar surface area (TPSA) is 53.9 Å². The maximum absolute atomic E-state index is 13.6. The number of carbonyl (C=O) groups excluding carboxylic acids is 2. The van der Waals surface area contributed by atoms with Crippen LogP contribution in [0.25, 0.3) is 0 Å². The Hall–Kier alpha value is -1.67. The van der Waals surface area contributed by atoms with E-state index in [4.69, 9.17) is 0 Å². The van der Waals surface area contributed by atoms with Crippen molar-refractivity contribution in [3.63, 3.8) is 0 Å². The number of unbranched alkanes of at least 4 members (excludes halogenated alkanes) is 1. The molecule has 0 spiro atoms. The molecule has 2 amide bonds. The second-order valence-electron chi connectivity index (χ2n) is 6.37. The summed E-state index contributed by atoms with van der Waals surface area (Å²) in [6.45, 7) is 5.85. The number of thioether (sulfide) groups is 1. The van der Waals surface area contributed by atoms with Crippen molar-refractivity contribution in [3.05, 3.63) is 29.8 Å². The molecule has 1 aromatic carbocycles. The van der Waals surface area contributed by atoms with E-state index >= 15 is 0 Å². The Morgan fingerprint density at radius 1 is 1.27 bits per heavy atom. The molecule has 2 N–H and O–H groups in total. The largest absolute Gasteiger partial charge is 0.351 e. The van der Waals surface area contributed by atoms with E-state index in [-0.39, 0.29) is 22.5 Å². The van der Waals surface area contributed by atoms with Gasteiger partial charge in [0.1, 0.15) is 11.6 Å². The van der Waals surface area contributed by atoms with Gasteiger partial charge in [-0.25, -0.2) is 8.78 Å². The van der Waals surface area contributed by atoms with E-state index in [1.165, 1.54) is 17.0 Å². The fourth-order valence-electron chi connectivity index (χ4n) is 2.77. The summed E-state index contributed by atoms with van der Waals surface area (Å²) in [5.41, 5.74) is 0. The number of piperazine rings is 1.